The molecule has 3 aliphatic carbocycles. The normalized spacial score (nSPS) is 38.6. The van der Waals surface area contributed by atoms with Crippen LogP contribution in [0.25, 0.3) is 0 Å². The van der Waals surface area contributed by atoms with E-state index in [2.05, 4.69) is 43.4 Å². The Hall–Kier alpha value is -0.820. The van der Waals surface area contributed by atoms with Crippen LogP contribution in [0.2, 0.25) is 0 Å². The third kappa shape index (κ3) is 1.86. The number of nitrogens with one attached hydrogen (secondary N) is 1. The van der Waals surface area contributed by atoms with E-state index in [0.29, 0.717) is 11.5 Å². The molecule has 4 atom stereocenters. The highest BCUT2D eigenvalue weighted by Crippen LogP contribution is 2.49. The Bertz CT molecular complexity index is 490. The predicted octanol–water partition coefficient (Wildman–Crippen LogP) is 4.09. The number of rotatable bonds is 2. The van der Waals surface area contributed by atoms with E-state index in [-0.39, 0.29) is 0 Å². The van der Waals surface area contributed by atoms with Crippen molar-refractivity contribution >= 4 is 0 Å². The summed E-state index contributed by atoms with van der Waals surface area (Å²) in [5.41, 5.74) is 3.49. The molecule has 19 heavy (non-hydrogen) atoms. The minimum atomic E-state index is 0.367. The fourth-order valence-electron chi connectivity index (χ4n) is 4.97. The third-order valence-electron chi connectivity index (χ3n) is 5.91. The maximum atomic E-state index is 4.06. The second-order valence-corrected chi connectivity index (χ2v) is 7.75. The first-order valence-corrected chi connectivity index (χ1v) is 7.97. The van der Waals surface area contributed by atoms with E-state index in [1.807, 2.05) is 0 Å². The molecule has 1 heteroatoms. The lowest BCUT2D eigenvalue weighted by Crippen LogP contribution is -2.41. The van der Waals surface area contributed by atoms with E-state index in [0.717, 1.165) is 17.9 Å². The van der Waals surface area contributed by atoms with Crippen molar-refractivity contribution in [2.24, 2.45) is 17.3 Å². The van der Waals surface area contributed by atoms with Crippen molar-refractivity contribution in [3.05, 3.63) is 35.4 Å². The van der Waals surface area contributed by atoms with E-state index < -0.39 is 0 Å². The minimum Gasteiger partial charge on any atom is -0.306 e. The van der Waals surface area contributed by atoms with Crippen LogP contribution in [0, 0.1) is 17.3 Å². The van der Waals surface area contributed by atoms with Gasteiger partial charge in [-0.2, -0.15) is 0 Å². The molecule has 4 rings (SSSR count). The second-order valence-electron chi connectivity index (χ2n) is 7.75. The SMILES string of the molecule is CC1(C)Cc2ccccc2C1NC1CC2CCC1C2. The van der Waals surface area contributed by atoms with Crippen molar-refractivity contribution in [3.8, 4) is 0 Å². The van der Waals surface area contributed by atoms with Crippen molar-refractivity contribution < 1.29 is 0 Å². The quantitative estimate of drug-likeness (QED) is 0.839. The molecule has 1 aromatic rings. The van der Waals surface area contributed by atoms with Crippen molar-refractivity contribution in [1.82, 2.24) is 5.32 Å². The summed E-state index contributed by atoms with van der Waals surface area (Å²) in [7, 11) is 0. The van der Waals surface area contributed by atoms with Gasteiger partial charge in [0.1, 0.15) is 0 Å². The molecule has 3 aliphatic rings. The lowest BCUT2D eigenvalue weighted by atomic mass is 9.83. The van der Waals surface area contributed by atoms with Gasteiger partial charge in [0.25, 0.3) is 0 Å². The molecular formula is C18H25N. The van der Waals surface area contributed by atoms with Crippen molar-refractivity contribution in [3.63, 3.8) is 0 Å². The molecule has 0 radical (unpaired) electrons. The average Bonchev–Trinajstić information content (AvgIpc) is 3.03. The molecule has 1 N–H and O–H groups in total. The third-order valence-corrected chi connectivity index (χ3v) is 5.91. The number of hydrogen-bond donors (Lipinski definition) is 1. The topological polar surface area (TPSA) is 12.0 Å². The van der Waals surface area contributed by atoms with Crippen LogP contribution in [0.3, 0.4) is 0 Å². The lowest BCUT2D eigenvalue weighted by Gasteiger charge is -2.34. The molecule has 0 heterocycles. The van der Waals surface area contributed by atoms with Crippen LogP contribution >= 0.6 is 0 Å². The Labute approximate surface area is 116 Å². The van der Waals surface area contributed by atoms with Gasteiger partial charge in [0, 0.05) is 12.1 Å². The Morgan fingerprint density at radius 1 is 1.11 bits per heavy atom. The van der Waals surface area contributed by atoms with Gasteiger partial charge in [-0.15, -0.1) is 0 Å². The summed E-state index contributed by atoms with van der Waals surface area (Å²) in [5, 5.41) is 4.06. The van der Waals surface area contributed by atoms with Gasteiger partial charge in [0.2, 0.25) is 0 Å². The summed E-state index contributed by atoms with van der Waals surface area (Å²) in [6, 6.07) is 10.4. The van der Waals surface area contributed by atoms with Crippen LogP contribution in [0.4, 0.5) is 0 Å². The molecule has 2 saturated carbocycles. The highest BCUT2D eigenvalue weighted by atomic mass is 15.0. The first-order chi connectivity index (χ1) is 9.13. The molecule has 4 unspecified atom stereocenters. The van der Waals surface area contributed by atoms with Gasteiger partial charge in [-0.1, -0.05) is 44.5 Å². The maximum absolute atomic E-state index is 4.06. The van der Waals surface area contributed by atoms with Crippen LogP contribution in [0.15, 0.2) is 24.3 Å². The van der Waals surface area contributed by atoms with Crippen LogP contribution in [-0.2, 0) is 6.42 Å². The zero-order chi connectivity index (χ0) is 13.0. The Kier molecular flexibility index (Phi) is 2.57. The number of hydrogen-bond acceptors (Lipinski definition) is 1. The van der Waals surface area contributed by atoms with E-state index >= 15 is 0 Å². The molecule has 2 bridgehead atoms. The van der Waals surface area contributed by atoms with Gasteiger partial charge < -0.3 is 5.32 Å². The molecule has 0 aliphatic heterocycles. The van der Waals surface area contributed by atoms with Crippen LogP contribution in [0.1, 0.15) is 56.7 Å². The Morgan fingerprint density at radius 3 is 2.68 bits per heavy atom. The highest BCUT2D eigenvalue weighted by Gasteiger charge is 2.44. The first-order valence-electron chi connectivity index (χ1n) is 7.97. The number of fused-ring (bicyclic) bond motifs is 3. The molecule has 0 spiro atoms. The van der Waals surface area contributed by atoms with Gasteiger partial charge in [-0.3, -0.25) is 0 Å². The van der Waals surface area contributed by atoms with Gasteiger partial charge >= 0.3 is 0 Å². The lowest BCUT2D eigenvalue weighted by molar-refractivity contribution is 0.218. The summed E-state index contributed by atoms with van der Waals surface area (Å²) in [6.07, 6.45) is 7.11. The van der Waals surface area contributed by atoms with Crippen LogP contribution in [0.5, 0.6) is 0 Å². The average molecular weight is 255 g/mol. The monoisotopic (exact) mass is 255 g/mol. The standard InChI is InChI=1S/C18H25N/c1-18(2)11-14-5-3-4-6-15(14)17(18)19-16-10-12-7-8-13(16)9-12/h3-6,12-13,16-17,19H,7-11H2,1-2H3. The summed E-state index contributed by atoms with van der Waals surface area (Å²) in [6.45, 7) is 4.86. The van der Waals surface area contributed by atoms with Gasteiger partial charge in [0.05, 0.1) is 0 Å². The van der Waals surface area contributed by atoms with Gasteiger partial charge in [-0.05, 0) is 54.1 Å². The summed E-state index contributed by atoms with van der Waals surface area (Å²) < 4.78 is 0. The second kappa shape index (κ2) is 4.09. The van der Waals surface area contributed by atoms with Crippen molar-refractivity contribution in [2.75, 3.05) is 0 Å². The summed E-state index contributed by atoms with van der Waals surface area (Å²) in [5.74, 6) is 2.00. The Balaban J connectivity index is 1.60. The van der Waals surface area contributed by atoms with Crippen LogP contribution in [-0.4, -0.2) is 6.04 Å². The molecule has 0 amide bonds. The van der Waals surface area contributed by atoms with Gasteiger partial charge in [-0.25, -0.2) is 0 Å². The van der Waals surface area contributed by atoms with Crippen molar-refractivity contribution in [1.29, 1.82) is 0 Å². The summed E-state index contributed by atoms with van der Waals surface area (Å²) >= 11 is 0. The van der Waals surface area contributed by atoms with Gasteiger partial charge in [0.15, 0.2) is 0 Å². The number of benzene rings is 1. The van der Waals surface area contributed by atoms with Crippen molar-refractivity contribution in [2.45, 2.75) is 58.0 Å². The smallest absolute Gasteiger partial charge is 0.0380 e. The summed E-state index contributed by atoms with van der Waals surface area (Å²) in [4.78, 5) is 0. The van der Waals surface area contributed by atoms with E-state index in [1.165, 1.54) is 32.1 Å². The fraction of sp³-hybridized carbons (Fsp3) is 0.667. The largest absolute Gasteiger partial charge is 0.306 e. The zero-order valence-electron chi connectivity index (χ0n) is 12.2. The van der Waals surface area contributed by atoms with E-state index in [9.17, 15) is 0 Å². The molecular weight excluding hydrogens is 230 g/mol. The molecule has 2 fully saturated rings. The molecule has 1 nitrogen and oxygen atoms in total. The molecule has 0 aromatic heterocycles. The fourth-order valence-corrected chi connectivity index (χ4v) is 4.97. The molecule has 102 valence electrons. The van der Waals surface area contributed by atoms with E-state index in [4.69, 9.17) is 0 Å². The molecule has 0 saturated heterocycles. The molecule has 1 aromatic carbocycles. The maximum Gasteiger partial charge on any atom is 0.0380 e. The Morgan fingerprint density at radius 2 is 1.95 bits per heavy atom. The predicted molar refractivity (Wildman–Crippen MR) is 79.0 cm³/mol. The van der Waals surface area contributed by atoms with Crippen LogP contribution < -0.4 is 5.32 Å². The van der Waals surface area contributed by atoms with E-state index in [1.54, 1.807) is 11.1 Å². The first kappa shape index (κ1) is 12.0. The highest BCUT2D eigenvalue weighted by molar-refractivity contribution is 5.37. The zero-order valence-corrected chi connectivity index (χ0v) is 12.2. The minimum absolute atomic E-state index is 0.367.